The van der Waals surface area contributed by atoms with Crippen molar-refractivity contribution in [2.24, 2.45) is 0 Å². The quantitative estimate of drug-likeness (QED) is 0.649. The number of nitrogens with one attached hydrogen (secondary N) is 1. The van der Waals surface area contributed by atoms with Gasteiger partial charge in [-0.05, 0) is 35.9 Å². The lowest BCUT2D eigenvalue weighted by atomic mass is 10.2. The van der Waals surface area contributed by atoms with Crippen LogP contribution in [0, 0.1) is 0 Å². The predicted molar refractivity (Wildman–Crippen MR) is 112 cm³/mol. The van der Waals surface area contributed by atoms with Gasteiger partial charge in [0.2, 0.25) is 11.8 Å². The third-order valence-corrected chi connectivity index (χ3v) is 5.30. The van der Waals surface area contributed by atoms with Gasteiger partial charge in [0, 0.05) is 30.9 Å². The topological polar surface area (TPSA) is 96.0 Å². The van der Waals surface area contributed by atoms with Crippen LogP contribution >= 0.6 is 15.9 Å². The van der Waals surface area contributed by atoms with Crippen LogP contribution in [0.1, 0.15) is 28.8 Å². The maximum absolute atomic E-state index is 12.3. The van der Waals surface area contributed by atoms with E-state index in [-0.39, 0.29) is 42.7 Å². The van der Waals surface area contributed by atoms with Crippen LogP contribution in [0.4, 0.5) is 5.69 Å². The molecule has 0 aromatic heterocycles. The van der Waals surface area contributed by atoms with Crippen LogP contribution in [0.2, 0.25) is 0 Å². The molecule has 0 saturated carbocycles. The molecule has 0 radical (unpaired) electrons. The molecule has 30 heavy (non-hydrogen) atoms. The van der Waals surface area contributed by atoms with Crippen molar-refractivity contribution in [1.82, 2.24) is 10.3 Å². The summed E-state index contributed by atoms with van der Waals surface area (Å²) < 4.78 is 6.00. The van der Waals surface area contributed by atoms with Crippen LogP contribution in [0.15, 0.2) is 53.0 Å². The molecule has 1 aliphatic heterocycles. The minimum absolute atomic E-state index is 0.130. The second-order valence-corrected chi connectivity index (χ2v) is 7.58. The Bertz CT molecular complexity index is 977. The first-order chi connectivity index (χ1) is 14.3. The van der Waals surface area contributed by atoms with Crippen LogP contribution in [0.25, 0.3) is 0 Å². The number of carbonyl (C=O) groups excluding carboxylic acids is 4. The van der Waals surface area contributed by atoms with Gasteiger partial charge in [0.15, 0.2) is 6.61 Å². The summed E-state index contributed by atoms with van der Waals surface area (Å²) in [6, 6.07) is 13.6. The van der Waals surface area contributed by atoms with Crippen molar-refractivity contribution in [2.45, 2.75) is 19.4 Å². The number of hydrogen-bond donors (Lipinski definition) is 1. The lowest BCUT2D eigenvalue weighted by Crippen LogP contribution is -2.50. The number of amides is 3. The molecule has 3 amide bonds. The van der Waals surface area contributed by atoms with E-state index in [1.165, 1.54) is 29.2 Å². The Morgan fingerprint density at radius 2 is 1.80 bits per heavy atom. The molecule has 1 fully saturated rings. The third-order valence-electron chi connectivity index (χ3n) is 4.53. The molecule has 1 heterocycles. The highest BCUT2D eigenvalue weighted by Crippen LogP contribution is 2.19. The van der Waals surface area contributed by atoms with Crippen LogP contribution in [0.5, 0.6) is 0 Å². The van der Waals surface area contributed by atoms with Crippen molar-refractivity contribution in [3.05, 3.63) is 64.1 Å². The fourth-order valence-electron chi connectivity index (χ4n) is 2.82. The van der Waals surface area contributed by atoms with Gasteiger partial charge in [-0.25, -0.2) is 9.80 Å². The minimum Gasteiger partial charge on any atom is -0.452 e. The molecular formula is C21H20BrN3O5. The van der Waals surface area contributed by atoms with Gasteiger partial charge in [-0.3, -0.25) is 19.8 Å². The van der Waals surface area contributed by atoms with E-state index in [1.807, 2.05) is 24.3 Å². The molecule has 9 heteroatoms. The van der Waals surface area contributed by atoms with Crippen LogP contribution in [-0.2, 0) is 25.7 Å². The van der Waals surface area contributed by atoms with E-state index in [4.69, 9.17) is 4.74 Å². The van der Waals surface area contributed by atoms with Gasteiger partial charge in [-0.15, -0.1) is 0 Å². The molecule has 1 aliphatic rings. The maximum Gasteiger partial charge on any atom is 0.338 e. The molecule has 0 spiro atoms. The molecule has 0 atom stereocenters. The Kier molecular flexibility index (Phi) is 6.83. The lowest BCUT2D eigenvalue weighted by molar-refractivity contribution is -0.133. The monoisotopic (exact) mass is 473 g/mol. The zero-order valence-electron chi connectivity index (χ0n) is 16.3. The molecule has 8 nitrogen and oxygen atoms in total. The fourth-order valence-corrected chi connectivity index (χ4v) is 3.23. The zero-order chi connectivity index (χ0) is 21.7. The normalized spacial score (nSPS) is 13.6. The van der Waals surface area contributed by atoms with Crippen molar-refractivity contribution in [3.63, 3.8) is 0 Å². The second kappa shape index (κ2) is 9.53. The van der Waals surface area contributed by atoms with Crippen molar-refractivity contribution in [1.29, 1.82) is 0 Å². The van der Waals surface area contributed by atoms with Crippen molar-refractivity contribution in [2.75, 3.05) is 18.7 Å². The summed E-state index contributed by atoms with van der Waals surface area (Å²) in [5.41, 5.74) is 4.09. The summed E-state index contributed by atoms with van der Waals surface area (Å²) in [5.74, 6) is -1.47. The van der Waals surface area contributed by atoms with Gasteiger partial charge in [0.25, 0.3) is 5.91 Å². The smallest absolute Gasteiger partial charge is 0.338 e. The fraction of sp³-hybridized carbons (Fsp3) is 0.238. The highest BCUT2D eigenvalue weighted by Gasteiger charge is 2.24. The largest absolute Gasteiger partial charge is 0.452 e. The molecule has 2 aromatic carbocycles. The number of esters is 1. The highest BCUT2D eigenvalue weighted by atomic mass is 79.9. The average Bonchev–Trinajstić information content (AvgIpc) is 2.75. The SMILES string of the molecule is CN(Cc1ccccc1Br)C(=O)COC(=O)c1ccc(N2NC(=O)CCC2=O)cc1. The Hall–Kier alpha value is -3.20. The number of anilines is 1. The van der Waals surface area contributed by atoms with Gasteiger partial charge < -0.3 is 9.64 Å². The molecular weight excluding hydrogens is 454 g/mol. The molecule has 0 unspecified atom stereocenters. The summed E-state index contributed by atoms with van der Waals surface area (Å²) in [7, 11) is 1.63. The van der Waals surface area contributed by atoms with Crippen LogP contribution < -0.4 is 10.4 Å². The summed E-state index contributed by atoms with van der Waals surface area (Å²) >= 11 is 3.44. The molecule has 3 rings (SSSR count). The Labute approximate surface area is 181 Å². The number of halogens is 1. The lowest BCUT2D eigenvalue weighted by Gasteiger charge is -2.27. The van der Waals surface area contributed by atoms with E-state index in [0.717, 1.165) is 15.0 Å². The Morgan fingerprint density at radius 3 is 2.50 bits per heavy atom. The molecule has 0 aliphatic carbocycles. The second-order valence-electron chi connectivity index (χ2n) is 6.73. The highest BCUT2D eigenvalue weighted by molar-refractivity contribution is 9.10. The van der Waals surface area contributed by atoms with Crippen LogP contribution in [-0.4, -0.2) is 42.2 Å². The minimum atomic E-state index is -0.654. The van der Waals surface area contributed by atoms with E-state index in [0.29, 0.717) is 12.2 Å². The van der Waals surface area contributed by atoms with Gasteiger partial charge in [-0.2, -0.15) is 0 Å². The van der Waals surface area contributed by atoms with Gasteiger partial charge in [0.05, 0.1) is 11.3 Å². The number of carbonyl (C=O) groups is 4. The van der Waals surface area contributed by atoms with Crippen LogP contribution in [0.3, 0.4) is 0 Å². The predicted octanol–water partition coefficient (Wildman–Crippen LogP) is 2.42. The van der Waals surface area contributed by atoms with Crippen molar-refractivity contribution >= 4 is 45.3 Å². The number of nitrogens with zero attached hydrogens (tertiary/aromatic N) is 2. The number of benzene rings is 2. The Morgan fingerprint density at radius 1 is 1.10 bits per heavy atom. The van der Waals surface area contributed by atoms with Gasteiger partial charge in [-0.1, -0.05) is 34.1 Å². The first-order valence-corrected chi connectivity index (χ1v) is 10.0. The number of likely N-dealkylation sites (N-methyl/N-ethyl adjacent to an activating group) is 1. The molecule has 2 aromatic rings. The van der Waals surface area contributed by atoms with Gasteiger partial charge in [0.1, 0.15) is 0 Å². The molecule has 1 saturated heterocycles. The molecule has 0 bridgehead atoms. The third kappa shape index (κ3) is 5.24. The van der Waals surface area contributed by atoms with E-state index in [9.17, 15) is 19.2 Å². The van der Waals surface area contributed by atoms with Crippen molar-refractivity contribution in [3.8, 4) is 0 Å². The van der Waals surface area contributed by atoms with E-state index < -0.39 is 5.97 Å². The molecule has 1 N–H and O–H groups in total. The average molecular weight is 474 g/mol. The van der Waals surface area contributed by atoms with E-state index in [2.05, 4.69) is 21.4 Å². The van der Waals surface area contributed by atoms with Crippen molar-refractivity contribution < 1.29 is 23.9 Å². The zero-order valence-corrected chi connectivity index (χ0v) is 17.8. The first kappa shape index (κ1) is 21.5. The summed E-state index contributed by atoms with van der Waals surface area (Å²) in [5, 5.41) is 1.15. The number of hydrazine groups is 1. The number of ether oxygens (including phenoxy) is 1. The summed E-state index contributed by atoms with van der Waals surface area (Å²) in [6.07, 6.45) is 0.286. The Balaban J connectivity index is 1.54. The first-order valence-electron chi connectivity index (χ1n) is 9.22. The maximum atomic E-state index is 12.3. The number of rotatable bonds is 6. The van der Waals surface area contributed by atoms with E-state index >= 15 is 0 Å². The standard InChI is InChI=1S/C21H20BrN3O5/c1-24(12-15-4-2-3-5-17(15)22)20(28)13-30-21(29)14-6-8-16(9-7-14)25-19(27)11-10-18(26)23-25/h2-9H,10-13H2,1H3,(H,23,26). The molecule has 156 valence electrons. The van der Waals surface area contributed by atoms with Gasteiger partial charge >= 0.3 is 5.97 Å². The summed E-state index contributed by atoms with van der Waals surface area (Å²) in [4.78, 5) is 49.4. The summed E-state index contributed by atoms with van der Waals surface area (Å²) in [6.45, 7) is -0.00963. The number of hydrogen-bond acceptors (Lipinski definition) is 5. The van der Waals surface area contributed by atoms with E-state index in [1.54, 1.807) is 7.05 Å².